The molecule has 21 heavy (non-hydrogen) atoms. The quantitative estimate of drug-likeness (QED) is 0.860. The largest absolute Gasteiger partial charge is 0.344 e. The van der Waals surface area contributed by atoms with Crippen molar-refractivity contribution >= 4 is 23.4 Å². The van der Waals surface area contributed by atoms with Crippen LogP contribution in [0, 0.1) is 0 Å². The van der Waals surface area contributed by atoms with Crippen molar-refractivity contribution < 1.29 is 9.59 Å². The average molecular weight is 308 g/mol. The molecule has 1 aromatic rings. The number of rotatable bonds is 2. The van der Waals surface area contributed by atoms with Crippen LogP contribution in [0.25, 0.3) is 0 Å². The number of hydrogen-bond donors (Lipinski definition) is 2. The number of piperazine rings is 1. The Morgan fingerprint density at radius 2 is 2.24 bits per heavy atom. The summed E-state index contributed by atoms with van der Waals surface area (Å²) in [7, 11) is 0. The first-order valence-corrected chi connectivity index (χ1v) is 7.59. The molecule has 2 saturated heterocycles. The molecule has 3 rings (SSSR count). The molecule has 0 spiro atoms. The van der Waals surface area contributed by atoms with Crippen molar-refractivity contribution in [1.29, 1.82) is 0 Å². The summed E-state index contributed by atoms with van der Waals surface area (Å²) >= 11 is 6.06. The summed E-state index contributed by atoms with van der Waals surface area (Å²) < 4.78 is 0. The molecular formula is C15H18ClN3O2. The van der Waals surface area contributed by atoms with E-state index < -0.39 is 0 Å². The van der Waals surface area contributed by atoms with Crippen molar-refractivity contribution in [2.45, 2.75) is 24.9 Å². The van der Waals surface area contributed by atoms with Crippen molar-refractivity contribution in [3.63, 3.8) is 0 Å². The van der Waals surface area contributed by atoms with Gasteiger partial charge in [-0.3, -0.25) is 9.59 Å². The van der Waals surface area contributed by atoms with E-state index in [0.29, 0.717) is 31.0 Å². The van der Waals surface area contributed by atoms with Crippen LogP contribution in [0.3, 0.4) is 0 Å². The molecule has 0 radical (unpaired) electrons. The normalized spacial score (nSPS) is 25.8. The second kappa shape index (κ2) is 6.03. The van der Waals surface area contributed by atoms with Gasteiger partial charge in [-0.25, -0.2) is 0 Å². The molecule has 2 atom stereocenters. The van der Waals surface area contributed by atoms with E-state index in [1.807, 2.05) is 29.2 Å². The molecule has 6 heteroatoms. The highest BCUT2D eigenvalue weighted by Gasteiger charge is 2.35. The van der Waals surface area contributed by atoms with Gasteiger partial charge < -0.3 is 15.5 Å². The first-order chi connectivity index (χ1) is 10.1. The smallest absolute Gasteiger partial charge is 0.245 e. The van der Waals surface area contributed by atoms with Gasteiger partial charge in [0.2, 0.25) is 11.8 Å². The lowest BCUT2D eigenvalue weighted by Gasteiger charge is -2.38. The van der Waals surface area contributed by atoms with Gasteiger partial charge >= 0.3 is 0 Å². The maximum atomic E-state index is 12.7. The minimum Gasteiger partial charge on any atom is -0.344 e. The number of nitrogens with one attached hydrogen (secondary N) is 2. The van der Waals surface area contributed by atoms with Crippen LogP contribution in [0.2, 0.25) is 5.02 Å². The van der Waals surface area contributed by atoms with Gasteiger partial charge in [-0.15, -0.1) is 0 Å². The zero-order valence-electron chi connectivity index (χ0n) is 11.6. The summed E-state index contributed by atoms with van der Waals surface area (Å²) in [5.74, 6) is -0.0323. The number of nitrogens with zero attached hydrogens (tertiary/aromatic N) is 1. The van der Waals surface area contributed by atoms with E-state index in [1.165, 1.54) is 0 Å². The van der Waals surface area contributed by atoms with Gasteiger partial charge in [0.05, 0.1) is 6.04 Å². The van der Waals surface area contributed by atoms with Crippen molar-refractivity contribution in [1.82, 2.24) is 15.5 Å². The lowest BCUT2D eigenvalue weighted by molar-refractivity contribution is -0.137. The van der Waals surface area contributed by atoms with Gasteiger partial charge in [0, 0.05) is 31.1 Å². The second-order valence-electron chi connectivity index (χ2n) is 5.47. The lowest BCUT2D eigenvalue weighted by atomic mass is 10.0. The first-order valence-electron chi connectivity index (χ1n) is 7.21. The third-order valence-corrected chi connectivity index (χ3v) is 4.29. The van der Waals surface area contributed by atoms with Crippen LogP contribution in [-0.2, 0) is 9.59 Å². The molecule has 5 nitrogen and oxygen atoms in total. The molecule has 2 aliphatic heterocycles. The topological polar surface area (TPSA) is 61.4 Å². The zero-order valence-corrected chi connectivity index (χ0v) is 12.4. The maximum Gasteiger partial charge on any atom is 0.245 e. The average Bonchev–Trinajstić information content (AvgIpc) is 2.93. The first kappa shape index (κ1) is 14.4. The molecule has 0 aliphatic carbocycles. The molecule has 2 aliphatic rings. The molecule has 2 fully saturated rings. The van der Waals surface area contributed by atoms with Crippen LogP contribution in [0.5, 0.6) is 0 Å². The standard InChI is InChI=1S/C15H18ClN3O2/c16-11-3-1-2-10(8-11)13-9-17-6-7-19(13)15(21)12-4-5-14(20)18-12/h1-3,8,12-13,17H,4-7,9H2,(H,18,20). The highest BCUT2D eigenvalue weighted by atomic mass is 35.5. The van der Waals surface area contributed by atoms with Crippen molar-refractivity contribution in [3.05, 3.63) is 34.9 Å². The van der Waals surface area contributed by atoms with E-state index in [1.54, 1.807) is 0 Å². The maximum absolute atomic E-state index is 12.7. The zero-order chi connectivity index (χ0) is 14.8. The Labute approximate surface area is 128 Å². The Kier molecular flexibility index (Phi) is 4.12. The number of carbonyl (C=O) groups excluding carboxylic acids is 2. The predicted molar refractivity (Wildman–Crippen MR) is 79.9 cm³/mol. The van der Waals surface area contributed by atoms with E-state index in [9.17, 15) is 9.59 Å². The molecule has 1 aromatic carbocycles. The van der Waals surface area contributed by atoms with Gasteiger partial charge in [0.15, 0.2) is 0 Å². The van der Waals surface area contributed by atoms with Gasteiger partial charge in [-0.05, 0) is 24.1 Å². The fourth-order valence-electron chi connectivity index (χ4n) is 2.98. The Hall–Kier alpha value is -1.59. The molecular weight excluding hydrogens is 290 g/mol. The Morgan fingerprint density at radius 1 is 1.38 bits per heavy atom. The van der Waals surface area contributed by atoms with Crippen LogP contribution < -0.4 is 10.6 Å². The Morgan fingerprint density at radius 3 is 2.95 bits per heavy atom. The van der Waals surface area contributed by atoms with Gasteiger partial charge in [0.25, 0.3) is 0 Å². The van der Waals surface area contributed by atoms with Crippen molar-refractivity contribution in [3.8, 4) is 0 Å². The van der Waals surface area contributed by atoms with Crippen LogP contribution >= 0.6 is 11.6 Å². The molecule has 112 valence electrons. The SMILES string of the molecule is O=C1CCC(C(=O)N2CCNCC2c2cccc(Cl)c2)N1. The minimum absolute atomic E-state index is 0.00678. The third-order valence-electron chi connectivity index (χ3n) is 4.05. The van der Waals surface area contributed by atoms with Crippen molar-refractivity contribution in [2.24, 2.45) is 0 Å². The Bertz CT molecular complexity index is 564. The molecule has 0 bridgehead atoms. The van der Waals surface area contributed by atoms with Crippen LogP contribution in [-0.4, -0.2) is 42.4 Å². The second-order valence-corrected chi connectivity index (χ2v) is 5.90. The fourth-order valence-corrected chi connectivity index (χ4v) is 3.18. The summed E-state index contributed by atoms with van der Waals surface area (Å²) in [6, 6.07) is 7.18. The van der Waals surface area contributed by atoms with Gasteiger partial charge in [0.1, 0.15) is 6.04 Å². The molecule has 2 amide bonds. The van der Waals surface area contributed by atoms with E-state index in [0.717, 1.165) is 12.1 Å². The van der Waals surface area contributed by atoms with E-state index >= 15 is 0 Å². The molecule has 0 aromatic heterocycles. The minimum atomic E-state index is -0.378. The highest BCUT2D eigenvalue weighted by molar-refractivity contribution is 6.30. The predicted octanol–water partition coefficient (Wildman–Crippen LogP) is 1.09. The molecule has 0 saturated carbocycles. The molecule has 2 unspecified atom stereocenters. The van der Waals surface area contributed by atoms with Gasteiger partial charge in [-0.1, -0.05) is 23.7 Å². The molecule has 2 N–H and O–H groups in total. The number of hydrogen-bond acceptors (Lipinski definition) is 3. The Balaban J connectivity index is 1.81. The summed E-state index contributed by atoms with van der Waals surface area (Å²) in [6.45, 7) is 2.11. The number of amides is 2. The van der Waals surface area contributed by atoms with Gasteiger partial charge in [-0.2, -0.15) is 0 Å². The molecule has 2 heterocycles. The summed E-state index contributed by atoms with van der Waals surface area (Å²) in [4.78, 5) is 25.8. The third kappa shape index (κ3) is 3.04. The van der Waals surface area contributed by atoms with Crippen molar-refractivity contribution in [2.75, 3.05) is 19.6 Å². The summed E-state index contributed by atoms with van der Waals surface area (Å²) in [5, 5.41) is 6.74. The fraction of sp³-hybridized carbons (Fsp3) is 0.467. The summed E-state index contributed by atoms with van der Waals surface area (Å²) in [6.07, 6.45) is 1.02. The van der Waals surface area contributed by atoms with E-state index in [4.69, 9.17) is 11.6 Å². The van der Waals surface area contributed by atoms with Crippen LogP contribution in [0.4, 0.5) is 0 Å². The number of benzene rings is 1. The number of carbonyl (C=O) groups is 2. The lowest BCUT2D eigenvalue weighted by Crippen LogP contribution is -2.53. The van der Waals surface area contributed by atoms with E-state index in [2.05, 4.69) is 10.6 Å². The van der Waals surface area contributed by atoms with E-state index in [-0.39, 0.29) is 23.9 Å². The highest BCUT2D eigenvalue weighted by Crippen LogP contribution is 2.26. The van der Waals surface area contributed by atoms with Crippen LogP contribution in [0.1, 0.15) is 24.4 Å². The summed E-state index contributed by atoms with van der Waals surface area (Å²) in [5.41, 5.74) is 1.02. The number of halogens is 1. The van der Waals surface area contributed by atoms with Crippen LogP contribution in [0.15, 0.2) is 24.3 Å². The monoisotopic (exact) mass is 307 g/mol.